The number of carbonyl (C=O) groups excluding carboxylic acids is 1. The molecule has 0 unspecified atom stereocenters. The van der Waals surface area contributed by atoms with Gasteiger partial charge in [0.1, 0.15) is 11.3 Å². The number of amides is 1. The van der Waals surface area contributed by atoms with E-state index in [0.29, 0.717) is 29.2 Å². The molecule has 2 N–H and O–H groups in total. The van der Waals surface area contributed by atoms with Gasteiger partial charge in [-0.1, -0.05) is 13.8 Å². The van der Waals surface area contributed by atoms with Crippen LogP contribution in [0.4, 0.5) is 0 Å². The van der Waals surface area contributed by atoms with Gasteiger partial charge in [0.25, 0.3) is 0 Å². The molecule has 1 aromatic carbocycles. The molecule has 0 radical (unpaired) electrons. The van der Waals surface area contributed by atoms with Crippen LogP contribution in [0.5, 0.6) is 5.75 Å². The van der Waals surface area contributed by atoms with Crippen LogP contribution in [0, 0.1) is 12.8 Å². The van der Waals surface area contributed by atoms with Crippen LogP contribution in [-0.2, 0) is 11.2 Å². The van der Waals surface area contributed by atoms with E-state index in [0.717, 1.165) is 11.8 Å². The second-order valence-corrected chi connectivity index (χ2v) is 5.88. The van der Waals surface area contributed by atoms with Gasteiger partial charge in [0.2, 0.25) is 5.91 Å². The summed E-state index contributed by atoms with van der Waals surface area (Å²) in [5.74, 6) is 0.365. The minimum atomic E-state index is -0.533. The fourth-order valence-corrected chi connectivity index (χ4v) is 2.31. The second kappa shape index (κ2) is 6.64. The standard InChI is InChI=1S/C17H21NO4/c1-10(2)6-7-18-16(20)9-14-11(3)13-5-4-12(19)8-15(13)22-17(14)21/h4-5,8,10,19H,6-7,9H2,1-3H3,(H,18,20). The normalized spacial score (nSPS) is 11.1. The Hall–Kier alpha value is -2.30. The lowest BCUT2D eigenvalue weighted by Crippen LogP contribution is -2.29. The summed E-state index contributed by atoms with van der Waals surface area (Å²) in [4.78, 5) is 24.0. The van der Waals surface area contributed by atoms with Gasteiger partial charge in [-0.05, 0) is 37.0 Å². The van der Waals surface area contributed by atoms with Crippen LogP contribution in [0.25, 0.3) is 11.0 Å². The molecule has 0 saturated carbocycles. The van der Waals surface area contributed by atoms with Crippen molar-refractivity contribution in [3.05, 3.63) is 39.7 Å². The Balaban J connectivity index is 2.23. The fraction of sp³-hybridized carbons (Fsp3) is 0.412. The number of aryl methyl sites for hydroxylation is 1. The van der Waals surface area contributed by atoms with Gasteiger partial charge in [0.05, 0.1) is 12.0 Å². The molecule has 0 bridgehead atoms. The third-order valence-corrected chi connectivity index (χ3v) is 3.65. The number of phenolic OH excluding ortho intramolecular Hbond substituents is 1. The Morgan fingerprint density at radius 1 is 1.36 bits per heavy atom. The van der Waals surface area contributed by atoms with E-state index in [1.807, 2.05) is 0 Å². The molecule has 22 heavy (non-hydrogen) atoms. The number of benzene rings is 1. The monoisotopic (exact) mass is 303 g/mol. The van der Waals surface area contributed by atoms with Gasteiger partial charge in [0.15, 0.2) is 0 Å². The van der Waals surface area contributed by atoms with E-state index in [2.05, 4.69) is 19.2 Å². The van der Waals surface area contributed by atoms with Crippen molar-refractivity contribution in [2.75, 3.05) is 6.54 Å². The van der Waals surface area contributed by atoms with Crippen molar-refractivity contribution in [1.29, 1.82) is 0 Å². The molecule has 0 saturated heterocycles. The van der Waals surface area contributed by atoms with Crippen molar-refractivity contribution in [1.82, 2.24) is 5.32 Å². The maximum atomic E-state index is 12.1. The van der Waals surface area contributed by atoms with Crippen molar-refractivity contribution >= 4 is 16.9 Å². The molecule has 0 aliphatic heterocycles. The average molecular weight is 303 g/mol. The van der Waals surface area contributed by atoms with Crippen LogP contribution in [0.2, 0.25) is 0 Å². The summed E-state index contributed by atoms with van der Waals surface area (Å²) >= 11 is 0. The summed E-state index contributed by atoms with van der Waals surface area (Å²) in [6, 6.07) is 4.61. The molecular weight excluding hydrogens is 282 g/mol. The smallest absolute Gasteiger partial charge is 0.340 e. The van der Waals surface area contributed by atoms with Crippen LogP contribution in [-0.4, -0.2) is 17.6 Å². The van der Waals surface area contributed by atoms with Gasteiger partial charge in [-0.15, -0.1) is 0 Å². The van der Waals surface area contributed by atoms with E-state index >= 15 is 0 Å². The van der Waals surface area contributed by atoms with E-state index in [4.69, 9.17) is 4.42 Å². The molecule has 5 heteroatoms. The predicted octanol–water partition coefficient (Wildman–Crippen LogP) is 2.51. The molecule has 0 atom stereocenters. The Morgan fingerprint density at radius 2 is 2.09 bits per heavy atom. The number of carbonyl (C=O) groups is 1. The molecular formula is C17H21NO4. The number of rotatable bonds is 5. The molecule has 0 aliphatic carbocycles. The average Bonchev–Trinajstić information content (AvgIpc) is 2.42. The first kappa shape index (κ1) is 16.1. The van der Waals surface area contributed by atoms with Crippen molar-refractivity contribution < 1.29 is 14.3 Å². The van der Waals surface area contributed by atoms with Gasteiger partial charge in [-0.3, -0.25) is 4.79 Å². The Labute approximate surface area is 129 Å². The molecule has 1 aromatic heterocycles. The van der Waals surface area contributed by atoms with E-state index in [1.54, 1.807) is 13.0 Å². The number of hydrogen-bond donors (Lipinski definition) is 2. The quantitative estimate of drug-likeness (QED) is 0.832. The van der Waals surface area contributed by atoms with Gasteiger partial charge >= 0.3 is 5.63 Å². The topological polar surface area (TPSA) is 79.5 Å². The minimum Gasteiger partial charge on any atom is -0.508 e. The van der Waals surface area contributed by atoms with Crippen LogP contribution in [0.15, 0.2) is 27.4 Å². The summed E-state index contributed by atoms with van der Waals surface area (Å²) in [5, 5.41) is 13.0. The Bertz CT molecular complexity index is 746. The number of fused-ring (bicyclic) bond motifs is 1. The van der Waals surface area contributed by atoms with Crippen molar-refractivity contribution in [3.8, 4) is 5.75 Å². The zero-order valence-electron chi connectivity index (χ0n) is 13.1. The zero-order chi connectivity index (χ0) is 16.3. The van der Waals surface area contributed by atoms with E-state index in [1.165, 1.54) is 12.1 Å². The zero-order valence-corrected chi connectivity index (χ0v) is 13.1. The highest BCUT2D eigenvalue weighted by Gasteiger charge is 2.15. The highest BCUT2D eigenvalue weighted by molar-refractivity contribution is 5.85. The van der Waals surface area contributed by atoms with Crippen LogP contribution < -0.4 is 10.9 Å². The molecule has 0 aliphatic rings. The lowest BCUT2D eigenvalue weighted by molar-refractivity contribution is -0.120. The maximum absolute atomic E-state index is 12.1. The number of aromatic hydroxyl groups is 1. The molecule has 0 spiro atoms. The van der Waals surface area contributed by atoms with Crippen LogP contribution >= 0.6 is 0 Å². The molecule has 5 nitrogen and oxygen atoms in total. The number of hydrogen-bond acceptors (Lipinski definition) is 4. The van der Waals surface area contributed by atoms with E-state index < -0.39 is 5.63 Å². The Kier molecular flexibility index (Phi) is 4.85. The second-order valence-electron chi connectivity index (χ2n) is 5.88. The fourth-order valence-electron chi connectivity index (χ4n) is 2.31. The number of nitrogens with one attached hydrogen (secondary N) is 1. The third kappa shape index (κ3) is 3.67. The first-order valence-electron chi connectivity index (χ1n) is 7.40. The summed E-state index contributed by atoms with van der Waals surface area (Å²) in [6.45, 7) is 6.56. The molecule has 118 valence electrons. The SMILES string of the molecule is Cc1c(CC(=O)NCCC(C)C)c(=O)oc2cc(O)ccc12. The highest BCUT2D eigenvalue weighted by Crippen LogP contribution is 2.23. The molecule has 2 rings (SSSR count). The van der Waals surface area contributed by atoms with Gasteiger partial charge in [0, 0.05) is 18.0 Å². The van der Waals surface area contributed by atoms with Gasteiger partial charge in [-0.25, -0.2) is 4.79 Å². The largest absolute Gasteiger partial charge is 0.508 e. The lowest BCUT2D eigenvalue weighted by atomic mass is 10.0. The lowest BCUT2D eigenvalue weighted by Gasteiger charge is -2.09. The van der Waals surface area contributed by atoms with Crippen LogP contribution in [0.3, 0.4) is 0 Å². The Morgan fingerprint density at radius 3 is 2.77 bits per heavy atom. The van der Waals surface area contributed by atoms with Crippen LogP contribution in [0.1, 0.15) is 31.4 Å². The highest BCUT2D eigenvalue weighted by atomic mass is 16.4. The third-order valence-electron chi connectivity index (χ3n) is 3.65. The molecule has 0 fully saturated rings. The number of phenols is 1. The van der Waals surface area contributed by atoms with Crippen molar-refractivity contribution in [3.63, 3.8) is 0 Å². The van der Waals surface area contributed by atoms with Gasteiger partial charge in [-0.2, -0.15) is 0 Å². The first-order valence-corrected chi connectivity index (χ1v) is 7.40. The predicted molar refractivity (Wildman–Crippen MR) is 85.1 cm³/mol. The summed E-state index contributed by atoms with van der Waals surface area (Å²) in [6.07, 6.45) is 0.902. The maximum Gasteiger partial charge on any atom is 0.340 e. The van der Waals surface area contributed by atoms with E-state index in [-0.39, 0.29) is 18.1 Å². The van der Waals surface area contributed by atoms with Gasteiger partial charge < -0.3 is 14.8 Å². The molecule has 2 aromatic rings. The minimum absolute atomic E-state index is 0.00305. The molecule has 1 amide bonds. The van der Waals surface area contributed by atoms with E-state index in [9.17, 15) is 14.7 Å². The van der Waals surface area contributed by atoms with Crippen molar-refractivity contribution in [2.24, 2.45) is 5.92 Å². The summed E-state index contributed by atoms with van der Waals surface area (Å²) < 4.78 is 5.20. The first-order chi connectivity index (χ1) is 10.4. The molecule has 1 heterocycles. The van der Waals surface area contributed by atoms with Crippen molar-refractivity contribution in [2.45, 2.75) is 33.6 Å². The summed E-state index contributed by atoms with van der Waals surface area (Å²) in [7, 11) is 0. The summed E-state index contributed by atoms with van der Waals surface area (Å²) in [5.41, 5.74) is 0.867.